The third-order valence-corrected chi connectivity index (χ3v) is 5.40. The van der Waals surface area contributed by atoms with Gasteiger partial charge in [-0.15, -0.1) is 0 Å². The summed E-state index contributed by atoms with van der Waals surface area (Å²) in [6.07, 6.45) is 1.39. The number of methoxy groups -OCH3 is 1. The second-order valence-corrected chi connectivity index (χ2v) is 8.02. The molecule has 1 saturated heterocycles. The molecule has 4 amide bonds. The minimum absolute atomic E-state index is 0.0145. The summed E-state index contributed by atoms with van der Waals surface area (Å²) in [5, 5.41) is 5.14. The molecular weight excluding hydrogens is 450 g/mol. The van der Waals surface area contributed by atoms with E-state index in [1.807, 2.05) is 19.9 Å². The smallest absolute Gasteiger partial charge is 0.337 e. The molecule has 9 nitrogen and oxygen atoms in total. The third-order valence-electron chi connectivity index (χ3n) is 5.40. The Morgan fingerprint density at radius 3 is 2.63 bits per heavy atom. The van der Waals surface area contributed by atoms with E-state index in [9.17, 15) is 19.2 Å². The summed E-state index contributed by atoms with van der Waals surface area (Å²) in [7, 11) is 1.31. The van der Waals surface area contributed by atoms with E-state index in [2.05, 4.69) is 10.6 Å². The number of hydrogen-bond acceptors (Lipinski definition) is 6. The lowest BCUT2D eigenvalue weighted by atomic mass is 10.0. The normalized spacial score (nSPS) is 14.3. The zero-order chi connectivity index (χ0) is 25.1. The van der Waals surface area contributed by atoms with Crippen LogP contribution in [0.1, 0.15) is 27.2 Å². The summed E-state index contributed by atoms with van der Waals surface area (Å²) >= 11 is 0. The third kappa shape index (κ3) is 5.14. The predicted molar refractivity (Wildman–Crippen MR) is 128 cm³/mol. The van der Waals surface area contributed by atoms with Crippen molar-refractivity contribution in [2.24, 2.45) is 0 Å². The van der Waals surface area contributed by atoms with Gasteiger partial charge in [0.1, 0.15) is 23.8 Å². The lowest BCUT2D eigenvalue weighted by molar-refractivity contribution is -0.127. The highest BCUT2D eigenvalue weighted by Crippen LogP contribution is 2.28. The maximum absolute atomic E-state index is 12.7. The Bertz CT molecular complexity index is 1370. The summed E-state index contributed by atoms with van der Waals surface area (Å²) in [6.45, 7) is 3.33. The highest BCUT2D eigenvalue weighted by atomic mass is 16.5. The largest absolute Gasteiger partial charge is 0.465 e. The van der Waals surface area contributed by atoms with Crippen LogP contribution in [-0.2, 0) is 14.3 Å². The van der Waals surface area contributed by atoms with E-state index >= 15 is 0 Å². The van der Waals surface area contributed by atoms with Crippen LogP contribution in [0.3, 0.4) is 0 Å². The number of esters is 1. The van der Waals surface area contributed by atoms with E-state index in [0.29, 0.717) is 28.3 Å². The maximum atomic E-state index is 12.7. The van der Waals surface area contributed by atoms with Crippen molar-refractivity contribution >= 4 is 35.6 Å². The van der Waals surface area contributed by atoms with Gasteiger partial charge in [-0.1, -0.05) is 18.2 Å². The van der Waals surface area contributed by atoms with Gasteiger partial charge in [-0.2, -0.15) is 0 Å². The fourth-order valence-electron chi connectivity index (χ4n) is 3.63. The van der Waals surface area contributed by atoms with Crippen molar-refractivity contribution in [3.05, 3.63) is 82.7 Å². The summed E-state index contributed by atoms with van der Waals surface area (Å²) < 4.78 is 10.6. The van der Waals surface area contributed by atoms with Gasteiger partial charge in [-0.25, -0.2) is 14.5 Å². The number of carbonyl (C=O) groups is 4. The molecule has 0 bridgehead atoms. The molecular formula is C26H23N3O6. The molecule has 1 aliphatic rings. The zero-order valence-electron chi connectivity index (χ0n) is 19.4. The molecule has 3 aromatic rings. The molecule has 0 radical (unpaired) electrons. The van der Waals surface area contributed by atoms with Crippen molar-refractivity contribution in [3.8, 4) is 11.3 Å². The molecule has 0 saturated carbocycles. The molecule has 4 rings (SSSR count). The van der Waals surface area contributed by atoms with Gasteiger partial charge < -0.3 is 19.8 Å². The van der Waals surface area contributed by atoms with Gasteiger partial charge in [0, 0.05) is 17.3 Å². The van der Waals surface area contributed by atoms with E-state index in [-0.39, 0.29) is 5.70 Å². The number of nitrogens with zero attached hydrogens (tertiary/aromatic N) is 1. The van der Waals surface area contributed by atoms with Crippen LogP contribution >= 0.6 is 0 Å². The first-order chi connectivity index (χ1) is 16.7. The van der Waals surface area contributed by atoms with Crippen LogP contribution in [0.5, 0.6) is 0 Å². The number of anilines is 1. The molecule has 1 aliphatic heterocycles. The van der Waals surface area contributed by atoms with Crippen LogP contribution in [0, 0.1) is 13.8 Å². The molecule has 2 N–H and O–H groups in total. The lowest BCUT2D eigenvalue weighted by Gasteiger charge is -2.12. The first-order valence-electron chi connectivity index (χ1n) is 10.8. The van der Waals surface area contributed by atoms with Crippen molar-refractivity contribution in [3.63, 3.8) is 0 Å². The van der Waals surface area contributed by atoms with Gasteiger partial charge in [-0.05, 0) is 61.4 Å². The topological polar surface area (TPSA) is 118 Å². The Kier molecular flexibility index (Phi) is 6.50. The molecule has 0 aliphatic carbocycles. The zero-order valence-corrected chi connectivity index (χ0v) is 19.4. The minimum Gasteiger partial charge on any atom is -0.465 e. The standard InChI is InChI=1S/C26H23N3O6/c1-15-5-4-6-18(11-15)27-23(30)14-29-24(31)21(28-26(29)33)13-19-9-10-22(35-19)20-12-17(25(32)34-3)8-7-16(20)2/h4-13H,14H2,1-3H3,(H,27,30)(H,28,33)/b21-13+. The molecule has 1 fully saturated rings. The number of aryl methyl sites for hydroxylation is 2. The summed E-state index contributed by atoms with van der Waals surface area (Å²) in [5.74, 6) is -0.812. The molecule has 9 heteroatoms. The van der Waals surface area contributed by atoms with Gasteiger partial charge in [0.05, 0.1) is 12.7 Å². The summed E-state index contributed by atoms with van der Waals surface area (Å²) in [5.41, 5.74) is 3.47. The van der Waals surface area contributed by atoms with E-state index in [4.69, 9.17) is 9.15 Å². The number of furan rings is 1. The predicted octanol–water partition coefficient (Wildman–Crippen LogP) is 3.88. The number of nitrogens with one attached hydrogen (secondary N) is 2. The van der Waals surface area contributed by atoms with E-state index < -0.39 is 30.4 Å². The van der Waals surface area contributed by atoms with Crippen molar-refractivity contribution in [2.75, 3.05) is 19.0 Å². The second kappa shape index (κ2) is 9.68. The fourth-order valence-corrected chi connectivity index (χ4v) is 3.63. The monoisotopic (exact) mass is 473 g/mol. The Morgan fingerprint density at radius 2 is 1.89 bits per heavy atom. The van der Waals surface area contributed by atoms with Gasteiger partial charge >= 0.3 is 12.0 Å². The summed E-state index contributed by atoms with van der Waals surface area (Å²) in [4.78, 5) is 50.1. The highest BCUT2D eigenvalue weighted by molar-refractivity contribution is 6.15. The first kappa shape index (κ1) is 23.5. The molecule has 2 heterocycles. The molecule has 35 heavy (non-hydrogen) atoms. The molecule has 178 valence electrons. The van der Waals surface area contributed by atoms with Gasteiger partial charge in [0.25, 0.3) is 5.91 Å². The van der Waals surface area contributed by atoms with Crippen molar-refractivity contribution in [1.82, 2.24) is 10.2 Å². The number of hydrogen-bond donors (Lipinski definition) is 2. The number of amides is 4. The lowest BCUT2D eigenvalue weighted by Crippen LogP contribution is -2.38. The van der Waals surface area contributed by atoms with Gasteiger partial charge in [0.2, 0.25) is 5.91 Å². The van der Waals surface area contributed by atoms with Crippen LogP contribution in [-0.4, -0.2) is 42.4 Å². The number of rotatable bonds is 6. The van der Waals surface area contributed by atoms with Crippen LogP contribution in [0.25, 0.3) is 17.4 Å². The van der Waals surface area contributed by atoms with Crippen LogP contribution in [0.15, 0.2) is 64.7 Å². The Balaban J connectivity index is 1.49. The first-order valence-corrected chi connectivity index (χ1v) is 10.8. The average Bonchev–Trinajstić information content (AvgIpc) is 3.39. The number of imide groups is 1. The number of benzene rings is 2. The van der Waals surface area contributed by atoms with E-state index in [1.165, 1.54) is 13.2 Å². The van der Waals surface area contributed by atoms with E-state index in [1.54, 1.807) is 48.5 Å². The Labute approximate surface area is 201 Å². The van der Waals surface area contributed by atoms with Gasteiger partial charge in [-0.3, -0.25) is 9.59 Å². The van der Waals surface area contributed by atoms with Crippen molar-refractivity contribution in [2.45, 2.75) is 13.8 Å². The highest BCUT2D eigenvalue weighted by Gasteiger charge is 2.35. The molecule has 0 spiro atoms. The quantitative estimate of drug-likeness (QED) is 0.319. The maximum Gasteiger partial charge on any atom is 0.337 e. The molecule has 0 unspecified atom stereocenters. The number of carbonyl (C=O) groups excluding carboxylic acids is 4. The molecule has 1 aromatic heterocycles. The molecule has 2 aromatic carbocycles. The average molecular weight is 473 g/mol. The Morgan fingerprint density at radius 1 is 1.09 bits per heavy atom. The van der Waals surface area contributed by atoms with Crippen LogP contribution in [0.4, 0.5) is 10.5 Å². The minimum atomic E-state index is -0.700. The SMILES string of the molecule is COC(=O)c1ccc(C)c(-c2ccc(/C=C3/NC(=O)N(CC(=O)Nc4cccc(C)c4)C3=O)o2)c1. The van der Waals surface area contributed by atoms with Gasteiger partial charge in [0.15, 0.2) is 0 Å². The van der Waals surface area contributed by atoms with Crippen LogP contribution < -0.4 is 10.6 Å². The second-order valence-electron chi connectivity index (χ2n) is 8.02. The number of ether oxygens (including phenoxy) is 1. The van der Waals surface area contributed by atoms with Crippen LogP contribution in [0.2, 0.25) is 0 Å². The number of urea groups is 1. The van der Waals surface area contributed by atoms with Crippen molar-refractivity contribution < 1.29 is 28.3 Å². The fraction of sp³-hybridized carbons (Fsp3) is 0.154. The summed E-state index contributed by atoms with van der Waals surface area (Å²) in [6, 6.07) is 14.9. The van der Waals surface area contributed by atoms with E-state index in [0.717, 1.165) is 16.0 Å². The molecule has 0 atom stereocenters. The Hall–Kier alpha value is -4.66. The van der Waals surface area contributed by atoms with Crippen molar-refractivity contribution in [1.29, 1.82) is 0 Å².